The SMILES string of the molecule is C=C1C(CC)CC2CCC12. The summed E-state index contributed by atoms with van der Waals surface area (Å²) in [6, 6.07) is 0. The maximum Gasteiger partial charge on any atom is -0.0174 e. The number of hydrogen-bond donors (Lipinski definition) is 0. The molecule has 2 aliphatic rings. The number of allylic oxidation sites excluding steroid dienone is 1. The Bertz CT molecular complexity index is 157. The summed E-state index contributed by atoms with van der Waals surface area (Å²) in [5, 5.41) is 0. The van der Waals surface area contributed by atoms with Gasteiger partial charge in [0.2, 0.25) is 0 Å². The highest BCUT2D eigenvalue weighted by Crippen LogP contribution is 2.52. The zero-order chi connectivity index (χ0) is 7.14. The van der Waals surface area contributed by atoms with Crippen LogP contribution in [0.15, 0.2) is 12.2 Å². The molecule has 3 atom stereocenters. The van der Waals surface area contributed by atoms with Crippen molar-refractivity contribution in [3.8, 4) is 0 Å². The quantitative estimate of drug-likeness (QED) is 0.486. The van der Waals surface area contributed by atoms with E-state index in [1.165, 1.54) is 25.7 Å². The van der Waals surface area contributed by atoms with Crippen LogP contribution in [-0.2, 0) is 0 Å². The summed E-state index contributed by atoms with van der Waals surface area (Å²) in [6.07, 6.45) is 5.71. The third-order valence-corrected chi connectivity index (χ3v) is 3.50. The van der Waals surface area contributed by atoms with Gasteiger partial charge in [-0.2, -0.15) is 0 Å². The monoisotopic (exact) mass is 136 g/mol. The molecule has 0 saturated heterocycles. The first-order valence-corrected chi connectivity index (χ1v) is 4.51. The minimum absolute atomic E-state index is 0.887. The van der Waals surface area contributed by atoms with Crippen molar-refractivity contribution >= 4 is 0 Å². The van der Waals surface area contributed by atoms with Crippen molar-refractivity contribution in [3.05, 3.63) is 12.2 Å². The summed E-state index contributed by atoms with van der Waals surface area (Å²) in [4.78, 5) is 0. The van der Waals surface area contributed by atoms with Gasteiger partial charge in [-0.25, -0.2) is 0 Å². The number of rotatable bonds is 1. The average molecular weight is 136 g/mol. The van der Waals surface area contributed by atoms with Crippen LogP contribution >= 0.6 is 0 Å². The molecular formula is C10H16. The predicted molar refractivity (Wildman–Crippen MR) is 43.8 cm³/mol. The van der Waals surface area contributed by atoms with Crippen LogP contribution in [-0.4, -0.2) is 0 Å². The molecular weight excluding hydrogens is 120 g/mol. The van der Waals surface area contributed by atoms with Crippen LogP contribution in [0.4, 0.5) is 0 Å². The fourth-order valence-electron chi connectivity index (χ4n) is 2.59. The van der Waals surface area contributed by atoms with E-state index in [0.717, 1.165) is 17.8 Å². The molecule has 2 rings (SSSR count). The molecule has 0 heteroatoms. The second-order valence-corrected chi connectivity index (χ2v) is 3.86. The fourth-order valence-corrected chi connectivity index (χ4v) is 2.59. The van der Waals surface area contributed by atoms with E-state index in [0.29, 0.717) is 0 Å². The van der Waals surface area contributed by atoms with E-state index in [4.69, 9.17) is 0 Å². The highest BCUT2D eigenvalue weighted by atomic mass is 14.5. The molecule has 0 aromatic carbocycles. The molecule has 10 heavy (non-hydrogen) atoms. The summed E-state index contributed by atoms with van der Waals surface area (Å²) >= 11 is 0. The lowest BCUT2D eigenvalue weighted by atomic mass is 9.75. The van der Waals surface area contributed by atoms with Crippen LogP contribution in [0.1, 0.15) is 32.6 Å². The topological polar surface area (TPSA) is 0 Å². The van der Waals surface area contributed by atoms with E-state index in [1.54, 1.807) is 5.57 Å². The summed E-state index contributed by atoms with van der Waals surface area (Å²) in [6.45, 7) is 6.48. The largest absolute Gasteiger partial charge is 0.0993 e. The number of hydrogen-bond acceptors (Lipinski definition) is 0. The van der Waals surface area contributed by atoms with Crippen molar-refractivity contribution in [2.24, 2.45) is 17.8 Å². The normalized spacial score (nSPS) is 44.9. The molecule has 3 unspecified atom stereocenters. The van der Waals surface area contributed by atoms with E-state index in [2.05, 4.69) is 13.5 Å². The smallest absolute Gasteiger partial charge is 0.0174 e. The van der Waals surface area contributed by atoms with Crippen LogP contribution in [0.2, 0.25) is 0 Å². The molecule has 2 fully saturated rings. The lowest BCUT2D eigenvalue weighted by Crippen LogP contribution is -2.19. The van der Waals surface area contributed by atoms with Gasteiger partial charge in [-0.1, -0.05) is 19.1 Å². The van der Waals surface area contributed by atoms with E-state index in [-0.39, 0.29) is 0 Å². The van der Waals surface area contributed by atoms with Crippen molar-refractivity contribution in [1.82, 2.24) is 0 Å². The number of fused-ring (bicyclic) bond motifs is 1. The molecule has 0 N–H and O–H groups in total. The first kappa shape index (κ1) is 6.45. The highest BCUT2D eigenvalue weighted by molar-refractivity contribution is 5.17. The van der Waals surface area contributed by atoms with Crippen LogP contribution in [0.5, 0.6) is 0 Å². The lowest BCUT2D eigenvalue weighted by Gasteiger charge is -2.30. The molecule has 0 bridgehead atoms. The third-order valence-electron chi connectivity index (χ3n) is 3.50. The van der Waals surface area contributed by atoms with Gasteiger partial charge in [-0.3, -0.25) is 0 Å². The zero-order valence-corrected chi connectivity index (χ0v) is 6.77. The van der Waals surface area contributed by atoms with E-state index in [9.17, 15) is 0 Å². The standard InChI is InChI=1S/C10H16/c1-3-8-6-9-4-5-10(9)7(8)2/h8-10H,2-6H2,1H3. The molecule has 0 spiro atoms. The zero-order valence-electron chi connectivity index (χ0n) is 6.77. The Balaban J connectivity index is 2.09. The summed E-state index contributed by atoms with van der Waals surface area (Å²) in [5.41, 5.74) is 1.58. The van der Waals surface area contributed by atoms with Gasteiger partial charge in [0.25, 0.3) is 0 Å². The maximum atomic E-state index is 4.19. The first-order chi connectivity index (χ1) is 4.83. The summed E-state index contributed by atoms with van der Waals surface area (Å²) in [5.74, 6) is 2.89. The van der Waals surface area contributed by atoms with E-state index >= 15 is 0 Å². The van der Waals surface area contributed by atoms with Crippen molar-refractivity contribution in [2.45, 2.75) is 32.6 Å². The lowest BCUT2D eigenvalue weighted by molar-refractivity contribution is 0.244. The van der Waals surface area contributed by atoms with Gasteiger partial charge in [0, 0.05) is 0 Å². The maximum absolute atomic E-state index is 4.19. The Kier molecular flexibility index (Phi) is 1.36. The fraction of sp³-hybridized carbons (Fsp3) is 0.800. The van der Waals surface area contributed by atoms with E-state index in [1.807, 2.05) is 0 Å². The Morgan fingerprint density at radius 3 is 2.60 bits per heavy atom. The third kappa shape index (κ3) is 0.680. The molecule has 0 heterocycles. The minimum Gasteiger partial charge on any atom is -0.0993 e. The van der Waals surface area contributed by atoms with Crippen molar-refractivity contribution in [2.75, 3.05) is 0 Å². The summed E-state index contributed by atoms with van der Waals surface area (Å²) < 4.78 is 0. The molecule has 0 amide bonds. The van der Waals surface area contributed by atoms with Crippen LogP contribution in [0.3, 0.4) is 0 Å². The van der Waals surface area contributed by atoms with Crippen molar-refractivity contribution in [1.29, 1.82) is 0 Å². The Morgan fingerprint density at radius 1 is 1.50 bits per heavy atom. The molecule has 0 radical (unpaired) electrons. The van der Waals surface area contributed by atoms with E-state index < -0.39 is 0 Å². The summed E-state index contributed by atoms with van der Waals surface area (Å²) in [7, 11) is 0. The molecule has 0 nitrogen and oxygen atoms in total. The first-order valence-electron chi connectivity index (χ1n) is 4.51. The molecule has 56 valence electrons. The van der Waals surface area contributed by atoms with Gasteiger partial charge in [0.15, 0.2) is 0 Å². The molecule has 0 aromatic heterocycles. The second kappa shape index (κ2) is 2.11. The molecule has 0 aliphatic heterocycles. The van der Waals surface area contributed by atoms with Crippen molar-refractivity contribution < 1.29 is 0 Å². The molecule has 2 aliphatic carbocycles. The Labute approximate surface area is 63.3 Å². The predicted octanol–water partition coefficient (Wildman–Crippen LogP) is 3.00. The highest BCUT2D eigenvalue weighted by Gasteiger charge is 2.41. The Morgan fingerprint density at radius 2 is 2.30 bits per heavy atom. The molecule has 0 aromatic rings. The van der Waals surface area contributed by atoms with Gasteiger partial charge in [0.05, 0.1) is 0 Å². The minimum atomic E-state index is 0.887. The average Bonchev–Trinajstić information content (AvgIpc) is 2.05. The second-order valence-electron chi connectivity index (χ2n) is 3.86. The van der Waals surface area contributed by atoms with Gasteiger partial charge in [0.1, 0.15) is 0 Å². The van der Waals surface area contributed by atoms with Crippen LogP contribution in [0, 0.1) is 17.8 Å². The molecule has 2 saturated carbocycles. The van der Waals surface area contributed by atoms with Gasteiger partial charge in [-0.05, 0) is 43.4 Å². The van der Waals surface area contributed by atoms with Crippen molar-refractivity contribution in [3.63, 3.8) is 0 Å². The van der Waals surface area contributed by atoms with Gasteiger partial charge in [-0.15, -0.1) is 0 Å². The van der Waals surface area contributed by atoms with Gasteiger partial charge < -0.3 is 0 Å². The van der Waals surface area contributed by atoms with Crippen LogP contribution < -0.4 is 0 Å². The Hall–Kier alpha value is -0.260. The van der Waals surface area contributed by atoms with Crippen LogP contribution in [0.25, 0.3) is 0 Å². The van der Waals surface area contributed by atoms with Gasteiger partial charge >= 0.3 is 0 Å².